The highest BCUT2D eigenvalue weighted by Gasteiger charge is 2.19. The van der Waals surface area contributed by atoms with E-state index in [-0.39, 0.29) is 18.8 Å². The lowest BCUT2D eigenvalue weighted by Gasteiger charge is -2.23. The molecule has 0 spiro atoms. The lowest BCUT2D eigenvalue weighted by atomic mass is 9.85. The van der Waals surface area contributed by atoms with Gasteiger partial charge in [-0.25, -0.2) is 0 Å². The minimum absolute atomic E-state index is 0.0965. The van der Waals surface area contributed by atoms with Crippen molar-refractivity contribution in [2.24, 2.45) is 11.8 Å². The molecule has 0 aromatic rings. The van der Waals surface area contributed by atoms with Crippen molar-refractivity contribution < 1.29 is 29.3 Å². The molecule has 6 heteroatoms. The molecule has 2 N–H and O–H groups in total. The second-order valence-electron chi connectivity index (χ2n) is 7.71. The molecular weight excluding hydrogens is 360 g/mol. The number of carboxylic acid groups (broad SMARTS) is 2. The van der Waals surface area contributed by atoms with Crippen molar-refractivity contribution in [3.8, 4) is 0 Å². The van der Waals surface area contributed by atoms with Gasteiger partial charge < -0.3 is 19.7 Å². The summed E-state index contributed by atoms with van der Waals surface area (Å²) in [6.45, 7) is 7.06. The van der Waals surface area contributed by atoms with Gasteiger partial charge in [0.2, 0.25) is 0 Å². The van der Waals surface area contributed by atoms with Crippen LogP contribution in [0.3, 0.4) is 0 Å². The Kier molecular flexibility index (Phi) is 18.4. The number of aliphatic carboxylic acids is 2. The van der Waals surface area contributed by atoms with Gasteiger partial charge >= 0.3 is 11.9 Å². The Hall–Kier alpha value is -1.14. The van der Waals surface area contributed by atoms with Crippen LogP contribution >= 0.6 is 0 Å². The number of ether oxygens (including phenoxy) is 2. The Morgan fingerprint density at radius 2 is 1.29 bits per heavy atom. The quantitative estimate of drug-likeness (QED) is 0.258. The first-order valence-corrected chi connectivity index (χ1v) is 11.1. The molecule has 0 fully saturated rings. The summed E-state index contributed by atoms with van der Waals surface area (Å²) in [7, 11) is 0. The smallest absolute Gasteiger partial charge is 0.303 e. The Bertz CT molecular complexity index is 385. The molecule has 0 rings (SSSR count). The van der Waals surface area contributed by atoms with E-state index in [0.717, 1.165) is 71.0 Å². The molecule has 2 atom stereocenters. The van der Waals surface area contributed by atoms with Crippen LogP contribution in [-0.4, -0.2) is 48.6 Å². The molecule has 0 aromatic heterocycles. The second kappa shape index (κ2) is 19.2. The molecule has 0 aliphatic heterocycles. The number of hydrogen-bond donors (Lipinski definition) is 2. The van der Waals surface area contributed by atoms with Crippen LogP contribution < -0.4 is 0 Å². The fourth-order valence-corrected chi connectivity index (χ4v) is 3.31. The van der Waals surface area contributed by atoms with E-state index in [9.17, 15) is 14.7 Å². The van der Waals surface area contributed by atoms with Crippen LogP contribution in [0, 0.1) is 11.8 Å². The van der Waals surface area contributed by atoms with Crippen molar-refractivity contribution in [3.05, 3.63) is 0 Å². The molecule has 6 nitrogen and oxygen atoms in total. The topological polar surface area (TPSA) is 93.1 Å². The van der Waals surface area contributed by atoms with Crippen LogP contribution in [0.25, 0.3) is 0 Å². The summed E-state index contributed by atoms with van der Waals surface area (Å²) in [5.74, 6) is -1.05. The molecule has 0 bridgehead atoms. The fraction of sp³-hybridized carbons (Fsp3) is 0.909. The van der Waals surface area contributed by atoms with Crippen LogP contribution in [-0.2, 0) is 19.1 Å². The third-order valence-corrected chi connectivity index (χ3v) is 5.01. The van der Waals surface area contributed by atoms with Crippen molar-refractivity contribution in [2.45, 2.75) is 90.9 Å². The number of unbranched alkanes of at least 4 members (excludes halogenated alkanes) is 3. The number of hydrogen-bond acceptors (Lipinski definition) is 4. The molecule has 166 valence electrons. The van der Waals surface area contributed by atoms with Crippen molar-refractivity contribution in [3.63, 3.8) is 0 Å². The zero-order valence-electron chi connectivity index (χ0n) is 18.0. The number of carbonyl (C=O) groups is 2. The largest absolute Gasteiger partial charge is 0.481 e. The van der Waals surface area contributed by atoms with Crippen LogP contribution in [0.15, 0.2) is 0 Å². The summed E-state index contributed by atoms with van der Waals surface area (Å²) in [5.41, 5.74) is 0. The highest BCUT2D eigenvalue weighted by molar-refractivity contribution is 5.67. The highest BCUT2D eigenvalue weighted by atomic mass is 16.5. The van der Waals surface area contributed by atoms with Gasteiger partial charge in [-0.2, -0.15) is 0 Å². The van der Waals surface area contributed by atoms with Crippen molar-refractivity contribution in [1.82, 2.24) is 0 Å². The molecule has 0 aromatic carbocycles. The van der Waals surface area contributed by atoms with Crippen molar-refractivity contribution in [1.29, 1.82) is 0 Å². The summed E-state index contributed by atoms with van der Waals surface area (Å²) >= 11 is 0. The van der Waals surface area contributed by atoms with Crippen LogP contribution in [0.2, 0.25) is 0 Å². The Morgan fingerprint density at radius 1 is 0.714 bits per heavy atom. The second-order valence-corrected chi connectivity index (χ2v) is 7.71. The molecule has 28 heavy (non-hydrogen) atoms. The first-order chi connectivity index (χ1) is 13.5. The maximum Gasteiger partial charge on any atom is 0.303 e. The summed E-state index contributed by atoms with van der Waals surface area (Å²) in [6, 6.07) is 0. The molecular formula is C22H42O6. The van der Waals surface area contributed by atoms with E-state index in [4.69, 9.17) is 14.6 Å². The van der Waals surface area contributed by atoms with Gasteiger partial charge in [-0.05, 0) is 50.4 Å². The average Bonchev–Trinajstić information content (AvgIpc) is 2.63. The number of rotatable bonds is 21. The monoisotopic (exact) mass is 402 g/mol. The highest BCUT2D eigenvalue weighted by Crippen LogP contribution is 2.26. The third-order valence-electron chi connectivity index (χ3n) is 5.01. The first kappa shape index (κ1) is 26.9. The normalized spacial score (nSPS) is 13.4. The van der Waals surface area contributed by atoms with Crippen molar-refractivity contribution >= 4 is 11.9 Å². The molecule has 0 amide bonds. The predicted molar refractivity (Wildman–Crippen MR) is 111 cm³/mol. The lowest BCUT2D eigenvalue weighted by Crippen LogP contribution is -2.17. The van der Waals surface area contributed by atoms with Crippen molar-refractivity contribution in [2.75, 3.05) is 26.4 Å². The van der Waals surface area contributed by atoms with E-state index in [1.807, 2.05) is 0 Å². The minimum atomic E-state index is -0.762. The SMILES string of the molecule is CCCCOCCC(CCCCC(=O)O)CC(CCOCCCC)CC(=O)O. The molecule has 2 unspecified atom stereocenters. The van der Waals surface area contributed by atoms with E-state index < -0.39 is 11.9 Å². The van der Waals surface area contributed by atoms with Gasteiger partial charge in [0.1, 0.15) is 0 Å². The van der Waals surface area contributed by atoms with Gasteiger partial charge in [-0.15, -0.1) is 0 Å². The maximum atomic E-state index is 11.3. The molecule has 0 saturated heterocycles. The Labute approximate surface area is 171 Å². The standard InChI is InChI=1S/C22H42O6/c1-3-5-13-27-15-11-19(9-7-8-10-21(23)24)17-20(18-22(25)26)12-16-28-14-6-4-2/h19-20H,3-18H2,1-2H3,(H,23,24)(H,25,26). The zero-order chi connectivity index (χ0) is 21.0. The summed E-state index contributed by atoms with van der Waals surface area (Å²) in [5, 5.41) is 18.1. The molecule has 0 saturated carbocycles. The molecule has 0 heterocycles. The Morgan fingerprint density at radius 3 is 1.79 bits per heavy atom. The zero-order valence-corrected chi connectivity index (χ0v) is 18.0. The van der Waals surface area contributed by atoms with Gasteiger partial charge in [0.05, 0.1) is 0 Å². The van der Waals surface area contributed by atoms with Gasteiger partial charge in [0.25, 0.3) is 0 Å². The van der Waals surface area contributed by atoms with E-state index >= 15 is 0 Å². The van der Waals surface area contributed by atoms with Gasteiger partial charge in [-0.3, -0.25) is 9.59 Å². The van der Waals surface area contributed by atoms with Gasteiger partial charge in [0.15, 0.2) is 0 Å². The first-order valence-electron chi connectivity index (χ1n) is 11.1. The lowest BCUT2D eigenvalue weighted by molar-refractivity contribution is -0.139. The van der Waals surface area contributed by atoms with Crippen LogP contribution in [0.4, 0.5) is 0 Å². The third kappa shape index (κ3) is 18.2. The van der Waals surface area contributed by atoms with E-state index in [2.05, 4.69) is 13.8 Å². The van der Waals surface area contributed by atoms with Gasteiger partial charge in [-0.1, -0.05) is 39.5 Å². The molecule has 0 aliphatic carbocycles. The Balaban J connectivity index is 4.48. The van der Waals surface area contributed by atoms with E-state index in [1.54, 1.807) is 0 Å². The fourth-order valence-electron chi connectivity index (χ4n) is 3.31. The molecule has 0 aliphatic rings. The average molecular weight is 403 g/mol. The van der Waals surface area contributed by atoms with Crippen LogP contribution in [0.5, 0.6) is 0 Å². The summed E-state index contributed by atoms with van der Waals surface area (Å²) < 4.78 is 11.3. The minimum Gasteiger partial charge on any atom is -0.481 e. The summed E-state index contributed by atoms with van der Waals surface area (Å²) in [6.07, 6.45) is 9.62. The van der Waals surface area contributed by atoms with Crippen LogP contribution in [0.1, 0.15) is 90.9 Å². The van der Waals surface area contributed by atoms with E-state index in [1.165, 1.54) is 0 Å². The van der Waals surface area contributed by atoms with E-state index in [0.29, 0.717) is 25.6 Å². The predicted octanol–water partition coefficient (Wildman–Crippen LogP) is 5.14. The summed E-state index contributed by atoms with van der Waals surface area (Å²) in [4.78, 5) is 22.0. The number of carboxylic acids is 2. The molecule has 0 radical (unpaired) electrons. The maximum absolute atomic E-state index is 11.3. The van der Waals surface area contributed by atoms with Gasteiger partial charge in [0, 0.05) is 39.3 Å².